The first-order valence-corrected chi connectivity index (χ1v) is 8.54. The fraction of sp³-hybridized carbons (Fsp3) is 0.667. The number of fused-ring (bicyclic) bond motifs is 1. The van der Waals surface area contributed by atoms with Gasteiger partial charge in [0.25, 0.3) is 6.01 Å². The van der Waals surface area contributed by atoms with Gasteiger partial charge in [0.2, 0.25) is 5.95 Å². The van der Waals surface area contributed by atoms with Gasteiger partial charge in [0.15, 0.2) is 17.0 Å². The van der Waals surface area contributed by atoms with E-state index in [1.54, 1.807) is 7.11 Å². The molecule has 2 aromatic rings. The molecule has 0 aliphatic heterocycles. The summed E-state index contributed by atoms with van der Waals surface area (Å²) in [4.78, 5) is 13.3. The van der Waals surface area contributed by atoms with Crippen LogP contribution >= 0.6 is 11.6 Å². The zero-order valence-electron chi connectivity index (χ0n) is 14.0. The molecule has 0 saturated heterocycles. The number of rotatable bonds is 9. The van der Waals surface area contributed by atoms with Crippen LogP contribution in [0.1, 0.15) is 39.5 Å². The second kappa shape index (κ2) is 8.19. The number of alkyl halides is 1. The molecule has 23 heavy (non-hydrogen) atoms. The summed E-state index contributed by atoms with van der Waals surface area (Å²) in [5.41, 5.74) is 7.32. The molecule has 8 heteroatoms. The smallest absolute Gasteiger partial charge is 0.298 e. The average Bonchev–Trinajstić information content (AvgIpc) is 2.86. The lowest BCUT2D eigenvalue weighted by Gasteiger charge is -2.13. The maximum absolute atomic E-state index is 6.05. The standard InChI is InChI=1S/C15H25ClN6O/c1-4-7-10(2)18-14-20-12(17)11-13(21-14)22(9-6-5-8-16)15(19-11)23-3/h10H,4-9H2,1-3H3,(H3,17,18,20,21)/t10-/m1/s1. The predicted octanol–water partition coefficient (Wildman–Crippen LogP) is 3.04. The second-order valence-corrected chi connectivity index (χ2v) is 5.96. The average molecular weight is 341 g/mol. The number of imidazole rings is 1. The van der Waals surface area contributed by atoms with Crippen LogP contribution in [0.25, 0.3) is 11.2 Å². The highest BCUT2D eigenvalue weighted by atomic mass is 35.5. The van der Waals surface area contributed by atoms with Crippen molar-refractivity contribution in [1.82, 2.24) is 19.5 Å². The lowest BCUT2D eigenvalue weighted by molar-refractivity contribution is 0.357. The Kier molecular flexibility index (Phi) is 6.27. The highest BCUT2D eigenvalue weighted by Crippen LogP contribution is 2.25. The van der Waals surface area contributed by atoms with Gasteiger partial charge in [-0.3, -0.25) is 4.57 Å². The van der Waals surface area contributed by atoms with Crippen LogP contribution < -0.4 is 15.8 Å². The Morgan fingerprint density at radius 3 is 2.74 bits per heavy atom. The Balaban J connectivity index is 2.36. The van der Waals surface area contributed by atoms with Crippen molar-refractivity contribution in [1.29, 1.82) is 0 Å². The first-order chi connectivity index (χ1) is 11.1. The van der Waals surface area contributed by atoms with E-state index in [4.69, 9.17) is 22.1 Å². The number of nitrogens with zero attached hydrogens (tertiary/aromatic N) is 4. The summed E-state index contributed by atoms with van der Waals surface area (Å²) >= 11 is 5.76. The number of nitrogen functional groups attached to an aromatic ring is 1. The fourth-order valence-corrected chi connectivity index (χ4v) is 2.70. The molecule has 0 amide bonds. The van der Waals surface area contributed by atoms with Gasteiger partial charge in [0.1, 0.15) is 0 Å². The van der Waals surface area contributed by atoms with E-state index in [0.717, 1.165) is 32.2 Å². The molecule has 128 valence electrons. The van der Waals surface area contributed by atoms with E-state index in [1.165, 1.54) is 0 Å². The Morgan fingerprint density at radius 2 is 2.09 bits per heavy atom. The number of hydrogen-bond donors (Lipinski definition) is 2. The van der Waals surface area contributed by atoms with Gasteiger partial charge in [-0.2, -0.15) is 15.0 Å². The van der Waals surface area contributed by atoms with Gasteiger partial charge in [-0.1, -0.05) is 13.3 Å². The van der Waals surface area contributed by atoms with Crippen LogP contribution in [0.3, 0.4) is 0 Å². The van der Waals surface area contributed by atoms with Crippen LogP contribution in [0.2, 0.25) is 0 Å². The summed E-state index contributed by atoms with van der Waals surface area (Å²) in [6, 6.07) is 0.778. The van der Waals surface area contributed by atoms with E-state index in [0.29, 0.717) is 34.8 Å². The molecule has 2 heterocycles. The van der Waals surface area contributed by atoms with Gasteiger partial charge in [0, 0.05) is 18.5 Å². The minimum atomic E-state index is 0.284. The van der Waals surface area contributed by atoms with Crippen LogP contribution in [0.15, 0.2) is 0 Å². The molecule has 0 bridgehead atoms. The first-order valence-electron chi connectivity index (χ1n) is 8.00. The topological polar surface area (TPSA) is 90.9 Å². The third kappa shape index (κ3) is 4.16. The van der Waals surface area contributed by atoms with Crippen molar-refractivity contribution in [3.05, 3.63) is 0 Å². The molecule has 0 fully saturated rings. The van der Waals surface area contributed by atoms with Crippen LogP contribution in [0.4, 0.5) is 11.8 Å². The molecule has 0 spiro atoms. The number of nitrogens with one attached hydrogen (secondary N) is 1. The van der Waals surface area contributed by atoms with Crippen LogP contribution in [-0.2, 0) is 6.54 Å². The Hall–Kier alpha value is -1.76. The highest BCUT2D eigenvalue weighted by molar-refractivity contribution is 6.17. The lowest BCUT2D eigenvalue weighted by Crippen LogP contribution is -2.17. The third-order valence-corrected chi connectivity index (χ3v) is 3.90. The number of anilines is 2. The van der Waals surface area contributed by atoms with Gasteiger partial charge in [-0.15, -0.1) is 11.6 Å². The molecule has 0 aliphatic carbocycles. The van der Waals surface area contributed by atoms with E-state index in [2.05, 4.69) is 34.1 Å². The van der Waals surface area contributed by atoms with Crippen molar-refractivity contribution in [3.63, 3.8) is 0 Å². The van der Waals surface area contributed by atoms with Crippen molar-refractivity contribution in [2.45, 2.75) is 52.1 Å². The van der Waals surface area contributed by atoms with Gasteiger partial charge in [-0.05, 0) is 26.2 Å². The lowest BCUT2D eigenvalue weighted by atomic mass is 10.2. The normalized spacial score (nSPS) is 12.5. The van der Waals surface area contributed by atoms with Crippen LogP contribution in [0.5, 0.6) is 6.01 Å². The summed E-state index contributed by atoms with van der Waals surface area (Å²) in [7, 11) is 1.59. The zero-order valence-corrected chi connectivity index (χ0v) is 14.7. The molecule has 0 saturated carbocycles. The van der Waals surface area contributed by atoms with E-state index < -0.39 is 0 Å². The number of aromatic nitrogens is 4. The molecule has 2 aromatic heterocycles. The van der Waals surface area contributed by atoms with E-state index in [-0.39, 0.29) is 6.04 Å². The Bertz CT molecular complexity index is 644. The molecule has 1 atom stereocenters. The summed E-state index contributed by atoms with van der Waals surface area (Å²) < 4.78 is 7.28. The maximum atomic E-state index is 6.05. The summed E-state index contributed by atoms with van der Waals surface area (Å²) in [6.07, 6.45) is 3.98. The van der Waals surface area contributed by atoms with Crippen molar-refractivity contribution >= 4 is 34.5 Å². The SMILES string of the molecule is CCC[C@@H](C)Nc1nc(N)c2nc(OC)n(CCCCCl)c2n1. The number of hydrogen-bond acceptors (Lipinski definition) is 6. The largest absolute Gasteiger partial charge is 0.468 e. The predicted molar refractivity (Wildman–Crippen MR) is 94.2 cm³/mol. The third-order valence-electron chi connectivity index (χ3n) is 3.63. The molecule has 3 N–H and O–H groups in total. The van der Waals surface area contributed by atoms with Crippen molar-refractivity contribution in [2.75, 3.05) is 24.0 Å². The van der Waals surface area contributed by atoms with Gasteiger partial charge < -0.3 is 15.8 Å². The molecule has 0 unspecified atom stereocenters. The van der Waals surface area contributed by atoms with E-state index in [9.17, 15) is 0 Å². The minimum absolute atomic E-state index is 0.284. The first kappa shape index (κ1) is 17.6. The van der Waals surface area contributed by atoms with Crippen LogP contribution in [0, 0.1) is 0 Å². The van der Waals surface area contributed by atoms with Crippen molar-refractivity contribution in [2.24, 2.45) is 0 Å². The van der Waals surface area contributed by atoms with Crippen molar-refractivity contribution < 1.29 is 4.74 Å². The van der Waals surface area contributed by atoms with Gasteiger partial charge >= 0.3 is 0 Å². The van der Waals surface area contributed by atoms with Gasteiger partial charge in [-0.25, -0.2) is 0 Å². The Morgan fingerprint density at radius 1 is 1.30 bits per heavy atom. The molecule has 2 rings (SSSR count). The summed E-state index contributed by atoms with van der Waals surface area (Å²) in [6.45, 7) is 4.98. The number of aryl methyl sites for hydroxylation is 1. The minimum Gasteiger partial charge on any atom is -0.468 e. The molecular weight excluding hydrogens is 316 g/mol. The molecule has 0 aromatic carbocycles. The maximum Gasteiger partial charge on any atom is 0.298 e. The second-order valence-electron chi connectivity index (χ2n) is 5.58. The highest BCUT2D eigenvalue weighted by Gasteiger charge is 2.17. The van der Waals surface area contributed by atoms with E-state index >= 15 is 0 Å². The fourth-order valence-electron chi connectivity index (χ4n) is 2.51. The number of ether oxygens (including phenoxy) is 1. The monoisotopic (exact) mass is 340 g/mol. The molecule has 0 radical (unpaired) electrons. The summed E-state index contributed by atoms with van der Waals surface area (Å²) in [5.74, 6) is 1.51. The van der Waals surface area contributed by atoms with Crippen molar-refractivity contribution in [3.8, 4) is 6.01 Å². The number of nitrogens with two attached hydrogens (primary N) is 1. The van der Waals surface area contributed by atoms with E-state index in [1.807, 2.05) is 4.57 Å². The molecular formula is C15H25ClN6O. The van der Waals surface area contributed by atoms with Gasteiger partial charge in [0.05, 0.1) is 7.11 Å². The Labute approximate surface area is 141 Å². The number of halogens is 1. The number of methoxy groups -OCH3 is 1. The molecule has 0 aliphatic rings. The van der Waals surface area contributed by atoms with Crippen LogP contribution in [-0.4, -0.2) is 38.6 Å². The zero-order chi connectivity index (χ0) is 16.8. The number of unbranched alkanes of at least 4 members (excludes halogenated alkanes) is 1. The molecule has 7 nitrogen and oxygen atoms in total. The quantitative estimate of drug-likeness (QED) is 0.538. The summed E-state index contributed by atoms with van der Waals surface area (Å²) in [5, 5.41) is 3.29.